The van der Waals surface area contributed by atoms with E-state index >= 15 is 0 Å². The molecule has 0 aliphatic carbocycles. The zero-order valence-electron chi connectivity index (χ0n) is 16.9. The van der Waals surface area contributed by atoms with Gasteiger partial charge in [-0.3, -0.25) is 9.69 Å². The van der Waals surface area contributed by atoms with Crippen LogP contribution in [0.15, 0.2) is 79.1 Å². The Kier molecular flexibility index (Phi) is 6.25. The van der Waals surface area contributed by atoms with Crippen LogP contribution in [0.4, 0.5) is 5.69 Å². The Balaban J connectivity index is 1.33. The highest BCUT2D eigenvalue weighted by Gasteiger charge is 2.18. The van der Waals surface area contributed by atoms with Gasteiger partial charge in [0.1, 0.15) is 0 Å². The summed E-state index contributed by atoms with van der Waals surface area (Å²) in [5.74, 6) is -0.179. The lowest BCUT2D eigenvalue weighted by molar-refractivity contribution is -0.605. The molecule has 6 heteroatoms. The Morgan fingerprint density at radius 2 is 1.50 bits per heavy atom. The Bertz CT molecular complexity index is 968. The van der Waals surface area contributed by atoms with E-state index in [0.717, 1.165) is 38.3 Å². The number of hydrogen-bond acceptors (Lipinski definition) is 4. The molecule has 6 nitrogen and oxygen atoms in total. The molecule has 1 aliphatic rings. The highest BCUT2D eigenvalue weighted by Crippen LogP contribution is 2.18. The molecule has 30 heavy (non-hydrogen) atoms. The third kappa shape index (κ3) is 4.96. The van der Waals surface area contributed by atoms with Gasteiger partial charge in [-0.1, -0.05) is 42.5 Å². The van der Waals surface area contributed by atoms with Crippen molar-refractivity contribution in [1.82, 2.24) is 10.2 Å². The smallest absolute Gasteiger partial charge is 0.252 e. The molecule has 4 rings (SSSR count). The normalized spacial score (nSPS) is 14.5. The molecule has 154 valence electrons. The van der Waals surface area contributed by atoms with Crippen LogP contribution in [0.3, 0.4) is 0 Å². The molecule has 1 aliphatic heterocycles. The SMILES string of the molecule is O=C(NCc1ccccc1CN1CCN(c2ccccc2)CC1)c1cc[n+]([O-])cc1. The number of piperazine rings is 1. The second-order valence-electron chi connectivity index (χ2n) is 7.50. The Morgan fingerprint density at radius 1 is 0.867 bits per heavy atom. The molecule has 1 amide bonds. The molecular weight excluding hydrogens is 376 g/mol. The maximum atomic E-state index is 12.4. The molecule has 1 N–H and O–H groups in total. The zero-order valence-corrected chi connectivity index (χ0v) is 16.9. The number of hydrogen-bond donors (Lipinski definition) is 1. The number of pyridine rings is 1. The first-order chi connectivity index (χ1) is 14.7. The summed E-state index contributed by atoms with van der Waals surface area (Å²) in [6.07, 6.45) is 2.66. The fraction of sp³-hybridized carbons (Fsp3) is 0.250. The lowest BCUT2D eigenvalue weighted by Gasteiger charge is -2.36. The highest BCUT2D eigenvalue weighted by molar-refractivity contribution is 5.93. The quantitative estimate of drug-likeness (QED) is 0.509. The van der Waals surface area contributed by atoms with Crippen LogP contribution in [-0.2, 0) is 13.1 Å². The van der Waals surface area contributed by atoms with Crippen molar-refractivity contribution in [2.24, 2.45) is 0 Å². The van der Waals surface area contributed by atoms with E-state index in [2.05, 4.69) is 51.5 Å². The van der Waals surface area contributed by atoms with Gasteiger partial charge >= 0.3 is 0 Å². The first kappa shape index (κ1) is 19.9. The third-order valence-electron chi connectivity index (χ3n) is 5.51. The number of anilines is 1. The van der Waals surface area contributed by atoms with Gasteiger partial charge in [0.15, 0.2) is 12.4 Å². The summed E-state index contributed by atoms with van der Waals surface area (Å²) in [6, 6.07) is 21.8. The van der Waals surface area contributed by atoms with Crippen LogP contribution in [0.25, 0.3) is 0 Å². The van der Waals surface area contributed by atoms with Crippen LogP contribution in [0.1, 0.15) is 21.5 Å². The summed E-state index contributed by atoms with van der Waals surface area (Å²) in [4.78, 5) is 17.3. The van der Waals surface area contributed by atoms with E-state index in [1.54, 1.807) is 0 Å². The average molecular weight is 402 g/mol. The average Bonchev–Trinajstić information content (AvgIpc) is 2.80. The molecule has 1 saturated heterocycles. The molecule has 0 saturated carbocycles. The van der Waals surface area contributed by atoms with Gasteiger partial charge < -0.3 is 15.4 Å². The van der Waals surface area contributed by atoms with E-state index in [1.165, 1.54) is 35.8 Å². The Hall–Kier alpha value is -3.38. The van der Waals surface area contributed by atoms with E-state index in [9.17, 15) is 10.0 Å². The van der Waals surface area contributed by atoms with E-state index in [-0.39, 0.29) is 5.91 Å². The topological polar surface area (TPSA) is 62.5 Å². The first-order valence-corrected chi connectivity index (χ1v) is 10.3. The Labute approximate surface area is 177 Å². The first-order valence-electron chi connectivity index (χ1n) is 10.3. The van der Waals surface area contributed by atoms with E-state index < -0.39 is 0 Å². The van der Waals surface area contributed by atoms with Crippen molar-refractivity contribution in [2.45, 2.75) is 13.1 Å². The maximum absolute atomic E-state index is 12.4. The molecule has 2 aromatic carbocycles. The van der Waals surface area contributed by atoms with Gasteiger partial charge in [0.05, 0.1) is 5.56 Å². The van der Waals surface area contributed by atoms with Crippen LogP contribution in [0.2, 0.25) is 0 Å². The van der Waals surface area contributed by atoms with Gasteiger partial charge in [0, 0.05) is 57.1 Å². The number of amides is 1. The molecule has 0 radical (unpaired) electrons. The van der Waals surface area contributed by atoms with Gasteiger partial charge in [-0.05, 0) is 23.3 Å². The van der Waals surface area contributed by atoms with Crippen LogP contribution >= 0.6 is 0 Å². The van der Waals surface area contributed by atoms with Crippen molar-refractivity contribution < 1.29 is 9.52 Å². The molecule has 0 bridgehead atoms. The van der Waals surface area contributed by atoms with Crippen LogP contribution in [-0.4, -0.2) is 37.0 Å². The minimum atomic E-state index is -0.179. The van der Waals surface area contributed by atoms with Crippen molar-refractivity contribution in [3.63, 3.8) is 0 Å². The van der Waals surface area contributed by atoms with Crippen molar-refractivity contribution in [3.8, 4) is 0 Å². The van der Waals surface area contributed by atoms with Gasteiger partial charge in [0.2, 0.25) is 0 Å². The number of para-hydroxylation sites is 1. The fourth-order valence-corrected chi connectivity index (χ4v) is 3.77. The minimum absolute atomic E-state index is 0.179. The van der Waals surface area contributed by atoms with Gasteiger partial charge in [-0.25, -0.2) is 0 Å². The van der Waals surface area contributed by atoms with Crippen LogP contribution in [0, 0.1) is 5.21 Å². The van der Waals surface area contributed by atoms with E-state index in [4.69, 9.17) is 0 Å². The largest absolute Gasteiger partial charge is 0.619 e. The summed E-state index contributed by atoms with van der Waals surface area (Å²) in [7, 11) is 0. The number of rotatable bonds is 6. The second kappa shape index (κ2) is 9.41. The van der Waals surface area contributed by atoms with Crippen LogP contribution in [0.5, 0.6) is 0 Å². The van der Waals surface area contributed by atoms with E-state index in [1.807, 2.05) is 18.2 Å². The molecule has 0 spiro atoms. The number of aromatic nitrogens is 1. The number of nitrogens with one attached hydrogen (secondary N) is 1. The summed E-state index contributed by atoms with van der Waals surface area (Å²) < 4.78 is 0.670. The lowest BCUT2D eigenvalue weighted by Crippen LogP contribution is -2.46. The summed E-state index contributed by atoms with van der Waals surface area (Å²) in [6.45, 7) is 5.37. The molecule has 3 aromatic rings. The van der Waals surface area contributed by atoms with Crippen molar-refractivity contribution in [1.29, 1.82) is 0 Å². The van der Waals surface area contributed by atoms with Crippen molar-refractivity contribution in [2.75, 3.05) is 31.1 Å². The molecule has 1 aromatic heterocycles. The maximum Gasteiger partial charge on any atom is 0.252 e. The molecular formula is C24H26N4O2. The van der Waals surface area contributed by atoms with Crippen molar-refractivity contribution in [3.05, 3.63) is 101 Å². The Morgan fingerprint density at radius 3 is 2.20 bits per heavy atom. The monoisotopic (exact) mass is 402 g/mol. The number of carbonyl (C=O) groups is 1. The fourth-order valence-electron chi connectivity index (χ4n) is 3.77. The highest BCUT2D eigenvalue weighted by atomic mass is 16.5. The number of nitrogens with zero attached hydrogens (tertiary/aromatic N) is 3. The van der Waals surface area contributed by atoms with Gasteiger partial charge in [-0.15, -0.1) is 0 Å². The minimum Gasteiger partial charge on any atom is -0.619 e. The molecule has 1 fully saturated rings. The zero-order chi connectivity index (χ0) is 20.8. The van der Waals surface area contributed by atoms with Gasteiger partial charge in [-0.2, -0.15) is 4.73 Å². The summed E-state index contributed by atoms with van der Waals surface area (Å²) in [5.41, 5.74) is 4.11. The number of benzene rings is 2. The van der Waals surface area contributed by atoms with E-state index in [0.29, 0.717) is 16.8 Å². The third-order valence-corrected chi connectivity index (χ3v) is 5.51. The van der Waals surface area contributed by atoms with Crippen LogP contribution < -0.4 is 14.9 Å². The van der Waals surface area contributed by atoms with Gasteiger partial charge in [0.25, 0.3) is 5.91 Å². The summed E-state index contributed by atoms with van der Waals surface area (Å²) >= 11 is 0. The van der Waals surface area contributed by atoms with Crippen molar-refractivity contribution >= 4 is 11.6 Å². The predicted octanol–water partition coefficient (Wildman–Crippen LogP) is 2.57. The second-order valence-corrected chi connectivity index (χ2v) is 7.50. The standard InChI is InChI=1S/C24H26N4O2/c29-24(20-10-12-28(30)13-11-20)25-18-21-6-4-5-7-22(21)19-26-14-16-27(17-15-26)23-8-2-1-3-9-23/h1-13H,14-19H2,(H,25,29). The number of carbonyl (C=O) groups excluding carboxylic acids is 1. The molecule has 2 heterocycles. The predicted molar refractivity (Wildman–Crippen MR) is 117 cm³/mol. The summed E-state index contributed by atoms with van der Waals surface area (Å²) in [5, 5.41) is 14.1. The lowest BCUT2D eigenvalue weighted by atomic mass is 10.1. The molecule has 0 unspecified atom stereocenters. The molecule has 0 atom stereocenters.